The van der Waals surface area contributed by atoms with E-state index in [0.29, 0.717) is 25.2 Å². The van der Waals surface area contributed by atoms with Crippen LogP contribution in [0.25, 0.3) is 0 Å². The number of amides is 2. The third-order valence-electron chi connectivity index (χ3n) is 5.18. The van der Waals surface area contributed by atoms with Crippen molar-refractivity contribution in [3.63, 3.8) is 0 Å². The van der Waals surface area contributed by atoms with E-state index < -0.39 is 0 Å². The summed E-state index contributed by atoms with van der Waals surface area (Å²) in [4.78, 5) is 31.6. The van der Waals surface area contributed by atoms with Crippen LogP contribution in [0.3, 0.4) is 0 Å². The van der Waals surface area contributed by atoms with E-state index in [1.807, 2.05) is 72.8 Å². The Bertz CT molecular complexity index is 1180. The van der Waals surface area contributed by atoms with Gasteiger partial charge in [0.05, 0.1) is 19.2 Å². The van der Waals surface area contributed by atoms with E-state index in [-0.39, 0.29) is 24.0 Å². The van der Waals surface area contributed by atoms with E-state index in [1.165, 1.54) is 6.26 Å². The number of hydrogen-bond donors (Lipinski definition) is 1. The molecule has 2 heterocycles. The molecular formula is C27H25N3O3. The second-order valence-electron chi connectivity index (χ2n) is 7.62. The molecule has 0 atom stereocenters. The lowest BCUT2D eigenvalue weighted by atomic mass is 10.1. The maximum atomic E-state index is 13.2. The third kappa shape index (κ3) is 6.17. The predicted octanol–water partition coefficient (Wildman–Crippen LogP) is 4.42. The first-order chi connectivity index (χ1) is 16.2. The Kier molecular flexibility index (Phi) is 7.28. The fourth-order valence-electron chi connectivity index (χ4n) is 3.54. The van der Waals surface area contributed by atoms with Crippen LogP contribution in [0.15, 0.2) is 102 Å². The second-order valence-corrected chi connectivity index (χ2v) is 7.62. The number of nitrogens with zero attached hydrogens (tertiary/aromatic N) is 2. The number of anilines is 1. The minimum absolute atomic E-state index is 0.0740. The molecule has 0 radical (unpaired) electrons. The summed E-state index contributed by atoms with van der Waals surface area (Å²) in [5, 5.41) is 2.94. The van der Waals surface area contributed by atoms with Crippen molar-refractivity contribution in [3.8, 4) is 0 Å². The maximum absolute atomic E-state index is 13.2. The summed E-state index contributed by atoms with van der Waals surface area (Å²) in [6, 6.07) is 26.3. The molecule has 6 heteroatoms. The van der Waals surface area contributed by atoms with Crippen molar-refractivity contribution >= 4 is 17.5 Å². The molecule has 33 heavy (non-hydrogen) atoms. The zero-order chi connectivity index (χ0) is 22.9. The Morgan fingerprint density at radius 2 is 1.70 bits per heavy atom. The van der Waals surface area contributed by atoms with Crippen LogP contribution in [0.2, 0.25) is 0 Å². The standard InChI is InChI=1S/C27H25N3O3/c31-26(29-16-14-23-11-4-5-15-28-23)19-22-10-6-12-24(18-22)30(20-21-8-2-1-3-9-21)27(32)25-13-7-17-33-25/h1-13,15,17-18H,14,16,19-20H2,(H,29,31). The van der Waals surface area contributed by atoms with Crippen LogP contribution < -0.4 is 10.2 Å². The molecule has 2 amide bonds. The molecule has 4 rings (SSSR count). The second kappa shape index (κ2) is 10.9. The lowest BCUT2D eigenvalue weighted by Gasteiger charge is -2.22. The lowest BCUT2D eigenvalue weighted by Crippen LogP contribution is -2.30. The first-order valence-corrected chi connectivity index (χ1v) is 10.8. The summed E-state index contributed by atoms with van der Waals surface area (Å²) in [5.41, 5.74) is 3.47. The Hall–Kier alpha value is -4.19. The van der Waals surface area contributed by atoms with Gasteiger partial charge >= 0.3 is 0 Å². The smallest absolute Gasteiger partial charge is 0.294 e. The third-order valence-corrected chi connectivity index (χ3v) is 5.18. The maximum Gasteiger partial charge on any atom is 0.294 e. The first kappa shape index (κ1) is 22.0. The molecule has 4 aromatic rings. The van der Waals surface area contributed by atoms with Gasteiger partial charge in [-0.25, -0.2) is 0 Å². The van der Waals surface area contributed by atoms with Gasteiger partial charge in [-0.05, 0) is 47.5 Å². The summed E-state index contributed by atoms with van der Waals surface area (Å²) in [7, 11) is 0. The average molecular weight is 440 g/mol. The number of carbonyl (C=O) groups excluding carboxylic acids is 2. The molecule has 6 nitrogen and oxygen atoms in total. The molecule has 1 N–H and O–H groups in total. The number of furan rings is 1. The average Bonchev–Trinajstić information content (AvgIpc) is 3.39. The van der Waals surface area contributed by atoms with Gasteiger partial charge < -0.3 is 14.6 Å². The lowest BCUT2D eigenvalue weighted by molar-refractivity contribution is -0.120. The fraction of sp³-hybridized carbons (Fsp3) is 0.148. The Morgan fingerprint density at radius 3 is 2.45 bits per heavy atom. The highest BCUT2D eigenvalue weighted by Gasteiger charge is 2.21. The van der Waals surface area contributed by atoms with Crippen LogP contribution in [0.4, 0.5) is 5.69 Å². The van der Waals surface area contributed by atoms with Gasteiger partial charge in [-0.15, -0.1) is 0 Å². The number of hydrogen-bond acceptors (Lipinski definition) is 4. The van der Waals surface area contributed by atoms with Crippen molar-refractivity contribution in [2.75, 3.05) is 11.4 Å². The number of nitrogens with one attached hydrogen (secondary N) is 1. The van der Waals surface area contributed by atoms with Gasteiger partial charge in [0.2, 0.25) is 5.91 Å². The van der Waals surface area contributed by atoms with Crippen molar-refractivity contribution in [1.29, 1.82) is 0 Å². The molecule has 0 spiro atoms. The van der Waals surface area contributed by atoms with E-state index in [2.05, 4.69) is 10.3 Å². The van der Waals surface area contributed by atoms with Gasteiger partial charge in [0.15, 0.2) is 5.76 Å². The van der Waals surface area contributed by atoms with Crippen molar-refractivity contribution in [2.45, 2.75) is 19.4 Å². The predicted molar refractivity (Wildman–Crippen MR) is 127 cm³/mol. The number of rotatable bonds is 9. The molecule has 0 aliphatic heterocycles. The summed E-state index contributed by atoms with van der Waals surface area (Å²) in [6.07, 6.45) is 4.13. The Labute approximate surface area is 192 Å². The van der Waals surface area contributed by atoms with Crippen molar-refractivity contribution in [3.05, 3.63) is 120 Å². The topological polar surface area (TPSA) is 75.4 Å². The Morgan fingerprint density at radius 1 is 0.879 bits per heavy atom. The summed E-state index contributed by atoms with van der Waals surface area (Å²) in [6.45, 7) is 0.909. The van der Waals surface area contributed by atoms with E-state index in [4.69, 9.17) is 4.42 Å². The first-order valence-electron chi connectivity index (χ1n) is 10.8. The Balaban J connectivity index is 1.45. The minimum atomic E-state index is -0.235. The van der Waals surface area contributed by atoms with Gasteiger partial charge in [0.25, 0.3) is 5.91 Å². The quantitative estimate of drug-likeness (QED) is 0.419. The van der Waals surface area contributed by atoms with E-state index in [9.17, 15) is 9.59 Å². The van der Waals surface area contributed by atoms with Crippen LogP contribution in [-0.4, -0.2) is 23.3 Å². The zero-order valence-electron chi connectivity index (χ0n) is 18.2. The molecule has 0 unspecified atom stereocenters. The molecular weight excluding hydrogens is 414 g/mol. The minimum Gasteiger partial charge on any atom is -0.459 e. The van der Waals surface area contributed by atoms with Crippen LogP contribution in [0, 0.1) is 0 Å². The van der Waals surface area contributed by atoms with Gasteiger partial charge in [-0.3, -0.25) is 14.6 Å². The highest BCUT2D eigenvalue weighted by atomic mass is 16.3. The molecule has 0 saturated carbocycles. The summed E-state index contributed by atoms with van der Waals surface area (Å²) < 4.78 is 5.35. The largest absolute Gasteiger partial charge is 0.459 e. The zero-order valence-corrected chi connectivity index (χ0v) is 18.2. The number of carbonyl (C=O) groups is 2. The number of aromatic nitrogens is 1. The highest BCUT2D eigenvalue weighted by molar-refractivity contribution is 6.04. The van der Waals surface area contributed by atoms with Crippen molar-refractivity contribution < 1.29 is 14.0 Å². The van der Waals surface area contributed by atoms with E-state index >= 15 is 0 Å². The van der Waals surface area contributed by atoms with Gasteiger partial charge in [0.1, 0.15) is 0 Å². The SMILES string of the molecule is O=C(Cc1cccc(N(Cc2ccccc2)C(=O)c2ccco2)c1)NCCc1ccccn1. The fourth-order valence-corrected chi connectivity index (χ4v) is 3.54. The highest BCUT2D eigenvalue weighted by Crippen LogP contribution is 2.22. The van der Waals surface area contributed by atoms with Crippen LogP contribution >= 0.6 is 0 Å². The molecule has 0 aliphatic carbocycles. The van der Waals surface area contributed by atoms with Crippen LogP contribution in [0.1, 0.15) is 27.4 Å². The monoisotopic (exact) mass is 439 g/mol. The van der Waals surface area contributed by atoms with Crippen LogP contribution in [-0.2, 0) is 24.2 Å². The van der Waals surface area contributed by atoms with Gasteiger partial charge in [-0.1, -0.05) is 48.5 Å². The summed E-state index contributed by atoms with van der Waals surface area (Å²) >= 11 is 0. The van der Waals surface area contributed by atoms with E-state index in [0.717, 1.165) is 16.8 Å². The molecule has 166 valence electrons. The molecule has 2 aromatic carbocycles. The molecule has 0 bridgehead atoms. The molecule has 0 saturated heterocycles. The normalized spacial score (nSPS) is 10.5. The summed E-state index contributed by atoms with van der Waals surface area (Å²) in [5.74, 6) is -0.0422. The van der Waals surface area contributed by atoms with Crippen molar-refractivity contribution in [1.82, 2.24) is 10.3 Å². The number of benzene rings is 2. The molecule has 0 fully saturated rings. The molecule has 2 aromatic heterocycles. The van der Waals surface area contributed by atoms with Gasteiger partial charge in [0, 0.05) is 30.5 Å². The van der Waals surface area contributed by atoms with Gasteiger partial charge in [-0.2, -0.15) is 0 Å². The number of pyridine rings is 1. The van der Waals surface area contributed by atoms with Crippen molar-refractivity contribution in [2.24, 2.45) is 0 Å². The molecule has 0 aliphatic rings. The van der Waals surface area contributed by atoms with Crippen LogP contribution in [0.5, 0.6) is 0 Å². The van der Waals surface area contributed by atoms with E-state index in [1.54, 1.807) is 23.2 Å².